The average Bonchev–Trinajstić information content (AvgIpc) is 2.77. The molecule has 3 aromatic rings. The Hall–Kier alpha value is -3.64. The van der Waals surface area contributed by atoms with E-state index in [9.17, 15) is 9.59 Å². The number of nitrogens with one attached hydrogen (secondary N) is 1. The molecule has 0 unspecified atom stereocenters. The van der Waals surface area contributed by atoms with Gasteiger partial charge < -0.3 is 14.8 Å². The van der Waals surface area contributed by atoms with Gasteiger partial charge in [-0.15, -0.1) is 0 Å². The van der Waals surface area contributed by atoms with E-state index in [4.69, 9.17) is 21.1 Å². The van der Waals surface area contributed by atoms with E-state index in [2.05, 4.69) is 10.3 Å². The minimum atomic E-state index is -0.253. The zero-order valence-corrected chi connectivity index (χ0v) is 16.6. The second-order valence-corrected chi connectivity index (χ2v) is 7.01. The molecule has 150 valence electrons. The minimum absolute atomic E-state index is 0.0310. The third kappa shape index (κ3) is 4.67. The molecule has 0 spiro atoms. The van der Waals surface area contributed by atoms with Crippen molar-refractivity contribution in [2.45, 2.75) is 6.61 Å². The highest BCUT2D eigenvalue weighted by atomic mass is 35.5. The first kappa shape index (κ1) is 19.7. The van der Waals surface area contributed by atoms with Crippen molar-refractivity contribution >= 4 is 35.1 Å². The van der Waals surface area contributed by atoms with Crippen LogP contribution in [-0.4, -0.2) is 23.3 Å². The van der Waals surface area contributed by atoms with Crippen molar-refractivity contribution in [3.8, 4) is 11.5 Å². The Bertz CT molecular complexity index is 1130. The van der Waals surface area contributed by atoms with Crippen LogP contribution in [0.2, 0.25) is 5.02 Å². The third-order valence-corrected chi connectivity index (χ3v) is 4.64. The normalized spacial score (nSPS) is 12.8. The molecule has 0 fully saturated rings. The van der Waals surface area contributed by atoms with E-state index in [1.165, 1.54) is 6.08 Å². The second kappa shape index (κ2) is 8.80. The van der Waals surface area contributed by atoms with Crippen LogP contribution in [0.25, 0.3) is 6.08 Å². The van der Waals surface area contributed by atoms with Gasteiger partial charge in [0.15, 0.2) is 12.4 Å². The smallest absolute Gasteiger partial charge is 0.262 e. The number of carbonyl (C=O) groups is 2. The fourth-order valence-corrected chi connectivity index (χ4v) is 3.10. The highest BCUT2D eigenvalue weighted by Gasteiger charge is 2.17. The summed E-state index contributed by atoms with van der Waals surface area (Å²) in [5, 5.41) is 3.23. The van der Waals surface area contributed by atoms with Gasteiger partial charge in [0, 0.05) is 34.1 Å². The summed E-state index contributed by atoms with van der Waals surface area (Å²) in [6.45, 7) is 0.311. The standard InChI is InChI=1S/C23H17ClN2O4/c24-18-5-8-21(29-13-15-2-1-9-25-12-15)17(10-18)3-6-20(27)16-4-7-22-19(11-16)26-23(28)14-30-22/h1-12H,13-14H2,(H,26,28). The van der Waals surface area contributed by atoms with Crippen molar-refractivity contribution in [1.82, 2.24) is 4.98 Å². The number of ketones is 1. The molecule has 0 saturated carbocycles. The maximum atomic E-state index is 12.6. The van der Waals surface area contributed by atoms with Crippen molar-refractivity contribution < 1.29 is 19.1 Å². The summed E-state index contributed by atoms with van der Waals surface area (Å²) in [4.78, 5) is 28.2. The second-order valence-electron chi connectivity index (χ2n) is 6.58. The first-order chi connectivity index (χ1) is 14.6. The number of fused-ring (bicyclic) bond motifs is 1. The molecule has 0 aliphatic carbocycles. The lowest BCUT2D eigenvalue weighted by Crippen LogP contribution is -2.25. The number of carbonyl (C=O) groups excluding carboxylic acids is 2. The van der Waals surface area contributed by atoms with Gasteiger partial charge in [0.25, 0.3) is 5.91 Å². The van der Waals surface area contributed by atoms with Crippen LogP contribution in [0.3, 0.4) is 0 Å². The number of amides is 1. The van der Waals surface area contributed by atoms with Crippen molar-refractivity contribution in [2.24, 2.45) is 0 Å². The van der Waals surface area contributed by atoms with Crippen LogP contribution in [0.4, 0.5) is 5.69 Å². The Morgan fingerprint density at radius 2 is 2.13 bits per heavy atom. The molecule has 4 rings (SSSR count). The Kier molecular flexibility index (Phi) is 5.77. The Morgan fingerprint density at radius 3 is 2.97 bits per heavy atom. The molecule has 1 aliphatic rings. The zero-order valence-electron chi connectivity index (χ0n) is 15.8. The van der Waals surface area contributed by atoms with Crippen LogP contribution in [-0.2, 0) is 11.4 Å². The van der Waals surface area contributed by atoms with Crippen LogP contribution in [0.1, 0.15) is 21.5 Å². The molecule has 0 saturated heterocycles. The quantitative estimate of drug-likeness (QED) is 0.468. The summed E-state index contributed by atoms with van der Waals surface area (Å²) < 4.78 is 11.2. The fourth-order valence-electron chi connectivity index (χ4n) is 2.92. The van der Waals surface area contributed by atoms with Gasteiger partial charge in [-0.05, 0) is 54.6 Å². The van der Waals surface area contributed by atoms with Gasteiger partial charge in [-0.1, -0.05) is 17.7 Å². The van der Waals surface area contributed by atoms with Crippen molar-refractivity contribution in [2.75, 3.05) is 11.9 Å². The molecular weight excluding hydrogens is 404 g/mol. The number of benzene rings is 2. The van der Waals surface area contributed by atoms with E-state index in [0.29, 0.717) is 39.9 Å². The van der Waals surface area contributed by atoms with Crippen molar-refractivity contribution in [3.63, 3.8) is 0 Å². The minimum Gasteiger partial charge on any atom is -0.488 e. The SMILES string of the molecule is O=C1COc2ccc(C(=O)C=Cc3cc(Cl)ccc3OCc3cccnc3)cc2N1. The highest BCUT2D eigenvalue weighted by molar-refractivity contribution is 6.30. The van der Waals surface area contributed by atoms with Gasteiger partial charge in [-0.3, -0.25) is 14.6 Å². The predicted octanol–water partition coefficient (Wildman–Crippen LogP) is 4.54. The van der Waals surface area contributed by atoms with Crippen molar-refractivity contribution in [3.05, 3.63) is 88.7 Å². The van der Waals surface area contributed by atoms with E-state index in [1.807, 2.05) is 12.1 Å². The molecule has 2 aromatic carbocycles. The lowest BCUT2D eigenvalue weighted by Gasteiger charge is -2.18. The van der Waals surface area contributed by atoms with Gasteiger partial charge in [0.05, 0.1) is 5.69 Å². The molecule has 6 nitrogen and oxygen atoms in total. The molecule has 7 heteroatoms. The summed E-state index contributed by atoms with van der Waals surface area (Å²) in [6, 6.07) is 13.9. The van der Waals surface area contributed by atoms with Crippen LogP contribution < -0.4 is 14.8 Å². The number of ether oxygens (including phenoxy) is 2. The maximum absolute atomic E-state index is 12.6. The first-order valence-corrected chi connectivity index (χ1v) is 9.57. The average molecular weight is 421 g/mol. The number of anilines is 1. The molecule has 0 bridgehead atoms. The third-order valence-electron chi connectivity index (χ3n) is 4.40. The summed E-state index contributed by atoms with van der Waals surface area (Å²) in [5.41, 5.74) is 2.51. The number of allylic oxidation sites excluding steroid dienone is 1. The van der Waals surface area contributed by atoms with E-state index < -0.39 is 0 Å². The van der Waals surface area contributed by atoms with Crippen LogP contribution >= 0.6 is 11.6 Å². The summed E-state index contributed by atoms with van der Waals surface area (Å²) in [6.07, 6.45) is 6.52. The molecular formula is C23H17ClN2O4. The van der Waals surface area contributed by atoms with Crippen LogP contribution in [0.5, 0.6) is 11.5 Å². The predicted molar refractivity (Wildman–Crippen MR) is 114 cm³/mol. The van der Waals surface area contributed by atoms with Gasteiger partial charge >= 0.3 is 0 Å². The van der Waals surface area contributed by atoms with Crippen LogP contribution in [0, 0.1) is 0 Å². The number of hydrogen-bond acceptors (Lipinski definition) is 5. The molecule has 1 N–H and O–H groups in total. The van der Waals surface area contributed by atoms with Gasteiger partial charge in [-0.2, -0.15) is 0 Å². The topological polar surface area (TPSA) is 77.5 Å². The summed E-state index contributed by atoms with van der Waals surface area (Å²) in [5.74, 6) is 0.655. The Labute approximate surface area is 178 Å². The number of pyridine rings is 1. The van der Waals surface area contributed by atoms with E-state index in [1.54, 1.807) is 54.9 Å². The van der Waals surface area contributed by atoms with E-state index in [0.717, 1.165) is 5.56 Å². The molecule has 1 aliphatic heterocycles. The van der Waals surface area contributed by atoms with E-state index >= 15 is 0 Å². The van der Waals surface area contributed by atoms with E-state index in [-0.39, 0.29) is 18.3 Å². The molecule has 1 aromatic heterocycles. The number of nitrogens with zero attached hydrogens (tertiary/aromatic N) is 1. The number of rotatable bonds is 6. The zero-order chi connectivity index (χ0) is 20.9. The monoisotopic (exact) mass is 420 g/mol. The molecule has 2 heterocycles. The Morgan fingerprint density at radius 1 is 1.23 bits per heavy atom. The molecule has 30 heavy (non-hydrogen) atoms. The fraction of sp³-hybridized carbons (Fsp3) is 0.0870. The molecule has 1 amide bonds. The van der Waals surface area contributed by atoms with Crippen molar-refractivity contribution in [1.29, 1.82) is 0 Å². The lowest BCUT2D eigenvalue weighted by atomic mass is 10.1. The molecule has 0 atom stereocenters. The van der Waals surface area contributed by atoms with Gasteiger partial charge in [-0.25, -0.2) is 0 Å². The number of aromatic nitrogens is 1. The van der Waals surface area contributed by atoms with Gasteiger partial charge in [0.1, 0.15) is 18.1 Å². The maximum Gasteiger partial charge on any atom is 0.262 e. The summed E-state index contributed by atoms with van der Waals surface area (Å²) in [7, 11) is 0. The lowest BCUT2D eigenvalue weighted by molar-refractivity contribution is -0.118. The first-order valence-electron chi connectivity index (χ1n) is 9.19. The van der Waals surface area contributed by atoms with Gasteiger partial charge in [0.2, 0.25) is 0 Å². The highest BCUT2D eigenvalue weighted by Crippen LogP contribution is 2.29. The summed E-state index contributed by atoms with van der Waals surface area (Å²) >= 11 is 6.12. The number of hydrogen-bond donors (Lipinski definition) is 1. The van der Waals surface area contributed by atoms with Crippen LogP contribution in [0.15, 0.2) is 67.0 Å². The number of halogens is 1. The largest absolute Gasteiger partial charge is 0.488 e. The Balaban J connectivity index is 1.52. The molecule has 0 radical (unpaired) electrons.